The molecule has 1 N–H and O–H groups in total. The summed E-state index contributed by atoms with van der Waals surface area (Å²) in [6.45, 7) is 2.26. The van der Waals surface area contributed by atoms with Gasteiger partial charge >= 0.3 is 0 Å². The van der Waals surface area contributed by atoms with Crippen LogP contribution in [0.2, 0.25) is 5.02 Å². The number of hydrogen-bond donors (Lipinski definition) is 1. The van der Waals surface area contributed by atoms with Crippen LogP contribution in [-0.2, 0) is 20.1 Å². The Morgan fingerprint density at radius 2 is 2.30 bits per heavy atom. The third-order valence-corrected chi connectivity index (χ3v) is 4.29. The van der Waals surface area contributed by atoms with Crippen LogP contribution in [0.1, 0.15) is 35.0 Å². The minimum absolute atomic E-state index is 0.326. The molecule has 1 heterocycles. The maximum atomic E-state index is 9.79. The molecule has 106 valence electrons. The van der Waals surface area contributed by atoms with Crippen molar-refractivity contribution < 1.29 is 9.84 Å². The minimum Gasteiger partial charge on any atom is -0.487 e. The zero-order valence-electron chi connectivity index (χ0n) is 11.6. The molecular formula is C15H17ClN2O2. The SMILES string of the molecule is Cc1nn(C)c(COc2ccc3c(c2)CC[C@H]3O)c1Cl. The van der Waals surface area contributed by atoms with E-state index in [1.807, 2.05) is 32.2 Å². The van der Waals surface area contributed by atoms with E-state index in [4.69, 9.17) is 16.3 Å². The molecule has 0 saturated carbocycles. The molecule has 1 aliphatic rings. The quantitative estimate of drug-likeness (QED) is 0.946. The summed E-state index contributed by atoms with van der Waals surface area (Å²) < 4.78 is 7.55. The zero-order chi connectivity index (χ0) is 14.3. The first kappa shape index (κ1) is 13.5. The molecule has 1 atom stereocenters. The van der Waals surface area contributed by atoms with E-state index in [2.05, 4.69) is 5.10 Å². The summed E-state index contributed by atoms with van der Waals surface area (Å²) >= 11 is 6.20. The van der Waals surface area contributed by atoms with Gasteiger partial charge in [0.1, 0.15) is 12.4 Å². The van der Waals surface area contributed by atoms with Gasteiger partial charge in [-0.25, -0.2) is 0 Å². The number of nitrogens with zero attached hydrogens (tertiary/aromatic N) is 2. The number of aryl methyl sites for hydroxylation is 3. The van der Waals surface area contributed by atoms with Crippen molar-refractivity contribution in [1.82, 2.24) is 9.78 Å². The van der Waals surface area contributed by atoms with Gasteiger partial charge in [-0.1, -0.05) is 17.7 Å². The molecule has 0 fully saturated rings. The highest BCUT2D eigenvalue weighted by Crippen LogP contribution is 2.33. The van der Waals surface area contributed by atoms with Crippen molar-refractivity contribution in [1.29, 1.82) is 0 Å². The molecule has 0 unspecified atom stereocenters. The van der Waals surface area contributed by atoms with Crippen LogP contribution in [0.4, 0.5) is 0 Å². The third-order valence-electron chi connectivity index (χ3n) is 3.80. The van der Waals surface area contributed by atoms with Gasteiger partial charge in [-0.05, 0) is 43.0 Å². The Balaban J connectivity index is 1.76. The van der Waals surface area contributed by atoms with Gasteiger partial charge in [0, 0.05) is 7.05 Å². The molecule has 0 amide bonds. The van der Waals surface area contributed by atoms with Gasteiger partial charge < -0.3 is 9.84 Å². The van der Waals surface area contributed by atoms with Crippen molar-refractivity contribution in [3.63, 3.8) is 0 Å². The van der Waals surface area contributed by atoms with E-state index in [0.717, 1.165) is 35.5 Å². The number of halogens is 1. The first-order valence-electron chi connectivity index (χ1n) is 6.68. The first-order valence-corrected chi connectivity index (χ1v) is 7.05. The number of benzene rings is 1. The summed E-state index contributed by atoms with van der Waals surface area (Å²) in [5.41, 5.74) is 3.86. The Bertz CT molecular complexity index is 652. The van der Waals surface area contributed by atoms with E-state index in [1.165, 1.54) is 5.56 Å². The van der Waals surface area contributed by atoms with Crippen molar-refractivity contribution in [2.24, 2.45) is 7.05 Å². The molecule has 1 aromatic heterocycles. The third kappa shape index (κ3) is 2.30. The Hall–Kier alpha value is -1.52. The fraction of sp³-hybridized carbons (Fsp3) is 0.400. The lowest BCUT2D eigenvalue weighted by molar-refractivity contribution is 0.180. The van der Waals surface area contributed by atoms with Crippen LogP contribution in [-0.4, -0.2) is 14.9 Å². The normalized spacial score (nSPS) is 17.3. The average Bonchev–Trinajstić information content (AvgIpc) is 2.90. The van der Waals surface area contributed by atoms with Gasteiger partial charge in [0.05, 0.1) is 22.5 Å². The van der Waals surface area contributed by atoms with Gasteiger partial charge in [0.15, 0.2) is 0 Å². The zero-order valence-corrected chi connectivity index (χ0v) is 12.3. The first-order chi connectivity index (χ1) is 9.56. The maximum absolute atomic E-state index is 9.79. The summed E-state index contributed by atoms with van der Waals surface area (Å²) in [6.07, 6.45) is 1.37. The predicted molar refractivity (Wildman–Crippen MR) is 77.0 cm³/mol. The predicted octanol–water partition coefficient (Wildman–Crippen LogP) is 2.94. The molecule has 0 bridgehead atoms. The fourth-order valence-corrected chi connectivity index (χ4v) is 2.86. The Labute approximate surface area is 122 Å². The Morgan fingerprint density at radius 3 is 3.00 bits per heavy atom. The molecule has 0 spiro atoms. The second-order valence-corrected chi connectivity index (χ2v) is 5.55. The highest BCUT2D eigenvalue weighted by atomic mass is 35.5. The van der Waals surface area contributed by atoms with Gasteiger partial charge in [-0.3, -0.25) is 4.68 Å². The molecule has 4 nitrogen and oxygen atoms in total. The number of aromatic nitrogens is 2. The molecule has 0 radical (unpaired) electrons. The molecule has 2 aromatic rings. The van der Waals surface area contributed by atoms with Crippen LogP contribution < -0.4 is 4.74 Å². The lowest BCUT2D eigenvalue weighted by Gasteiger charge is -2.09. The molecule has 20 heavy (non-hydrogen) atoms. The summed E-state index contributed by atoms with van der Waals surface area (Å²) in [6, 6.07) is 5.84. The van der Waals surface area contributed by atoms with Crippen LogP contribution in [0.3, 0.4) is 0 Å². The number of ether oxygens (including phenoxy) is 1. The van der Waals surface area contributed by atoms with Gasteiger partial charge in [0.2, 0.25) is 0 Å². The number of fused-ring (bicyclic) bond motifs is 1. The van der Waals surface area contributed by atoms with E-state index in [-0.39, 0.29) is 6.10 Å². The highest BCUT2D eigenvalue weighted by molar-refractivity contribution is 6.31. The number of rotatable bonds is 3. The molecular weight excluding hydrogens is 276 g/mol. The number of aliphatic hydroxyl groups is 1. The number of hydrogen-bond acceptors (Lipinski definition) is 3. The summed E-state index contributed by atoms with van der Waals surface area (Å²) in [7, 11) is 1.86. The Kier molecular flexibility index (Phi) is 3.44. The van der Waals surface area contributed by atoms with Crippen molar-refractivity contribution in [3.8, 4) is 5.75 Å². The fourth-order valence-electron chi connectivity index (χ4n) is 2.65. The lowest BCUT2D eigenvalue weighted by atomic mass is 10.1. The molecule has 3 rings (SSSR count). The Morgan fingerprint density at radius 1 is 1.50 bits per heavy atom. The van der Waals surface area contributed by atoms with Crippen molar-refractivity contribution in [2.75, 3.05) is 0 Å². The van der Waals surface area contributed by atoms with Crippen LogP contribution in [0.25, 0.3) is 0 Å². The van der Waals surface area contributed by atoms with Gasteiger partial charge in [0.25, 0.3) is 0 Å². The van der Waals surface area contributed by atoms with E-state index >= 15 is 0 Å². The number of aliphatic hydroxyl groups excluding tert-OH is 1. The van der Waals surface area contributed by atoms with Gasteiger partial charge in [-0.15, -0.1) is 0 Å². The smallest absolute Gasteiger partial charge is 0.131 e. The molecule has 0 saturated heterocycles. The summed E-state index contributed by atoms with van der Waals surface area (Å²) in [5, 5.41) is 14.7. The lowest BCUT2D eigenvalue weighted by Crippen LogP contribution is -2.04. The average molecular weight is 293 g/mol. The topological polar surface area (TPSA) is 47.3 Å². The standard InChI is InChI=1S/C15H17ClN2O2/c1-9-15(16)13(18(2)17-9)8-20-11-4-5-12-10(7-11)3-6-14(12)19/h4-5,7,14,19H,3,6,8H2,1-2H3/t14-/m1/s1. The van der Waals surface area contributed by atoms with Gasteiger partial charge in [-0.2, -0.15) is 5.10 Å². The van der Waals surface area contributed by atoms with Crippen molar-refractivity contribution >= 4 is 11.6 Å². The highest BCUT2D eigenvalue weighted by Gasteiger charge is 2.20. The van der Waals surface area contributed by atoms with Crippen LogP contribution >= 0.6 is 11.6 Å². The maximum Gasteiger partial charge on any atom is 0.131 e. The second-order valence-electron chi connectivity index (χ2n) is 5.17. The molecule has 1 aliphatic carbocycles. The van der Waals surface area contributed by atoms with E-state index in [1.54, 1.807) is 4.68 Å². The van der Waals surface area contributed by atoms with E-state index < -0.39 is 0 Å². The molecule has 0 aliphatic heterocycles. The minimum atomic E-state index is -0.326. The van der Waals surface area contributed by atoms with Crippen LogP contribution in [0.15, 0.2) is 18.2 Å². The largest absolute Gasteiger partial charge is 0.487 e. The molecule has 5 heteroatoms. The second kappa shape index (κ2) is 5.11. The van der Waals surface area contributed by atoms with Crippen molar-refractivity contribution in [3.05, 3.63) is 45.7 Å². The van der Waals surface area contributed by atoms with E-state index in [9.17, 15) is 5.11 Å². The van der Waals surface area contributed by atoms with Crippen LogP contribution in [0.5, 0.6) is 5.75 Å². The van der Waals surface area contributed by atoms with E-state index in [0.29, 0.717) is 11.6 Å². The van der Waals surface area contributed by atoms with Crippen LogP contribution in [0, 0.1) is 6.92 Å². The summed E-state index contributed by atoms with van der Waals surface area (Å²) in [4.78, 5) is 0. The molecule has 1 aromatic carbocycles. The summed E-state index contributed by atoms with van der Waals surface area (Å²) in [5.74, 6) is 0.799. The van der Waals surface area contributed by atoms with Crippen molar-refractivity contribution in [2.45, 2.75) is 32.5 Å². The monoisotopic (exact) mass is 292 g/mol.